The van der Waals surface area contributed by atoms with Crippen LogP contribution in [0.15, 0.2) is 75.7 Å². The first-order chi connectivity index (χ1) is 12.1. The molecule has 0 spiro atoms. The molecule has 0 saturated heterocycles. The molecule has 1 N–H and O–H groups in total. The maximum atomic E-state index is 13.3. The highest BCUT2D eigenvalue weighted by molar-refractivity contribution is 9.10. The lowest BCUT2D eigenvalue weighted by Gasteiger charge is -2.14. The number of hydrogen-bond donors (Lipinski definition) is 1. The van der Waals surface area contributed by atoms with E-state index in [0.717, 1.165) is 31.5 Å². The molecule has 3 aromatic carbocycles. The van der Waals surface area contributed by atoms with Crippen LogP contribution >= 0.6 is 31.9 Å². The number of halogens is 3. The maximum Gasteiger partial charge on any atom is 0.124 e. The van der Waals surface area contributed by atoms with Gasteiger partial charge in [0.05, 0.1) is 0 Å². The van der Waals surface area contributed by atoms with Crippen molar-refractivity contribution < 1.29 is 9.13 Å². The van der Waals surface area contributed by atoms with Crippen LogP contribution < -0.4 is 10.1 Å². The molecule has 128 valence electrons. The Morgan fingerprint density at radius 2 is 1.64 bits per heavy atom. The highest BCUT2D eigenvalue weighted by Gasteiger charge is 2.06. The summed E-state index contributed by atoms with van der Waals surface area (Å²) in [5.41, 5.74) is 2.85. The number of ether oxygens (including phenoxy) is 1. The summed E-state index contributed by atoms with van der Waals surface area (Å²) in [4.78, 5) is 0. The minimum absolute atomic E-state index is 0.256. The van der Waals surface area contributed by atoms with E-state index in [1.54, 1.807) is 6.07 Å². The van der Waals surface area contributed by atoms with Gasteiger partial charge in [-0.2, -0.15) is 0 Å². The zero-order valence-electron chi connectivity index (χ0n) is 13.3. The molecule has 0 amide bonds. The Kier molecular flexibility index (Phi) is 6.10. The summed E-state index contributed by atoms with van der Waals surface area (Å²) < 4.78 is 21.2. The minimum atomic E-state index is -0.256. The molecule has 0 atom stereocenters. The summed E-state index contributed by atoms with van der Waals surface area (Å²) in [5.74, 6) is 0.520. The fourth-order valence-electron chi connectivity index (χ4n) is 2.38. The van der Waals surface area contributed by atoms with Crippen LogP contribution in [-0.2, 0) is 13.2 Å². The second kappa shape index (κ2) is 8.50. The van der Waals surface area contributed by atoms with Crippen LogP contribution in [0.4, 0.5) is 10.1 Å². The topological polar surface area (TPSA) is 21.3 Å². The van der Waals surface area contributed by atoms with Crippen molar-refractivity contribution in [1.29, 1.82) is 0 Å². The van der Waals surface area contributed by atoms with Gasteiger partial charge in [-0.15, -0.1) is 0 Å². The van der Waals surface area contributed by atoms with Gasteiger partial charge in [-0.05, 0) is 60.2 Å². The lowest BCUT2D eigenvalue weighted by Crippen LogP contribution is -2.04. The molecule has 0 aliphatic rings. The molecule has 0 radical (unpaired) electrons. The van der Waals surface area contributed by atoms with E-state index in [2.05, 4.69) is 37.2 Å². The summed E-state index contributed by atoms with van der Waals surface area (Å²) in [5, 5.41) is 3.38. The summed E-state index contributed by atoms with van der Waals surface area (Å²) in [7, 11) is 0. The van der Waals surface area contributed by atoms with Gasteiger partial charge in [-0.3, -0.25) is 0 Å². The lowest BCUT2D eigenvalue weighted by molar-refractivity contribution is 0.302. The van der Waals surface area contributed by atoms with Gasteiger partial charge in [0, 0.05) is 26.7 Å². The van der Waals surface area contributed by atoms with Gasteiger partial charge in [-0.1, -0.05) is 44.0 Å². The second-order valence-corrected chi connectivity index (χ2v) is 7.36. The van der Waals surface area contributed by atoms with E-state index in [9.17, 15) is 4.39 Å². The van der Waals surface area contributed by atoms with Crippen LogP contribution in [0.1, 0.15) is 11.1 Å². The van der Waals surface area contributed by atoms with Crippen LogP contribution in [0, 0.1) is 5.82 Å². The van der Waals surface area contributed by atoms with Gasteiger partial charge in [0.25, 0.3) is 0 Å². The number of hydrogen-bond acceptors (Lipinski definition) is 2. The molecule has 0 aliphatic heterocycles. The Labute approximate surface area is 163 Å². The van der Waals surface area contributed by atoms with Crippen LogP contribution in [0.3, 0.4) is 0 Å². The highest BCUT2D eigenvalue weighted by Crippen LogP contribution is 2.25. The van der Waals surface area contributed by atoms with E-state index < -0.39 is 0 Å². The second-order valence-electron chi connectivity index (χ2n) is 5.53. The van der Waals surface area contributed by atoms with Crippen molar-refractivity contribution in [2.45, 2.75) is 13.2 Å². The Bertz CT molecular complexity index is 853. The van der Waals surface area contributed by atoms with E-state index in [4.69, 9.17) is 4.74 Å². The average molecular weight is 465 g/mol. The molecule has 0 fully saturated rings. The third-order valence-corrected chi connectivity index (χ3v) is 4.66. The van der Waals surface area contributed by atoms with Crippen molar-refractivity contribution in [2.75, 3.05) is 5.32 Å². The molecule has 0 saturated carbocycles. The number of nitrogens with one attached hydrogen (secondary N) is 1. The van der Waals surface area contributed by atoms with Crippen LogP contribution in [0.5, 0.6) is 5.75 Å². The Balaban J connectivity index is 1.70. The van der Waals surface area contributed by atoms with Crippen LogP contribution in [-0.4, -0.2) is 0 Å². The van der Waals surface area contributed by atoms with Gasteiger partial charge in [0.15, 0.2) is 0 Å². The van der Waals surface area contributed by atoms with Crippen LogP contribution in [0.2, 0.25) is 0 Å². The van der Waals surface area contributed by atoms with Crippen molar-refractivity contribution in [3.8, 4) is 5.75 Å². The van der Waals surface area contributed by atoms with Gasteiger partial charge in [0.1, 0.15) is 18.2 Å². The average Bonchev–Trinajstić information content (AvgIpc) is 2.60. The molecule has 3 aromatic rings. The van der Waals surface area contributed by atoms with Crippen molar-refractivity contribution in [2.24, 2.45) is 0 Å². The first kappa shape index (κ1) is 18.0. The fourth-order valence-corrected chi connectivity index (χ4v) is 3.05. The van der Waals surface area contributed by atoms with E-state index in [1.165, 1.54) is 12.1 Å². The van der Waals surface area contributed by atoms with E-state index in [0.29, 0.717) is 13.2 Å². The maximum absolute atomic E-state index is 13.3. The predicted molar refractivity (Wildman–Crippen MR) is 106 cm³/mol. The van der Waals surface area contributed by atoms with E-state index >= 15 is 0 Å². The van der Waals surface area contributed by atoms with E-state index in [1.807, 2.05) is 48.5 Å². The summed E-state index contributed by atoms with van der Waals surface area (Å²) in [6, 6.07) is 20.3. The zero-order chi connectivity index (χ0) is 17.6. The van der Waals surface area contributed by atoms with Crippen molar-refractivity contribution in [3.63, 3.8) is 0 Å². The van der Waals surface area contributed by atoms with Gasteiger partial charge >= 0.3 is 0 Å². The number of anilines is 1. The minimum Gasteiger partial charge on any atom is -0.489 e. The Morgan fingerprint density at radius 3 is 2.40 bits per heavy atom. The largest absolute Gasteiger partial charge is 0.489 e. The quantitative estimate of drug-likeness (QED) is 0.447. The summed E-state index contributed by atoms with van der Waals surface area (Å²) >= 11 is 6.93. The first-order valence-corrected chi connectivity index (χ1v) is 9.34. The number of rotatable bonds is 6. The third-order valence-electron chi connectivity index (χ3n) is 3.63. The molecule has 0 unspecified atom stereocenters. The molecule has 0 heterocycles. The van der Waals surface area contributed by atoms with Crippen molar-refractivity contribution in [3.05, 3.63) is 92.6 Å². The first-order valence-electron chi connectivity index (χ1n) is 7.75. The van der Waals surface area contributed by atoms with E-state index in [-0.39, 0.29) is 5.82 Å². The standard InChI is InChI=1S/C20H16Br2FNO/c21-16-4-7-19(8-5-16)24-12-15-11-17(22)6-9-20(15)25-13-14-2-1-3-18(23)10-14/h1-11,24H,12-13H2. The van der Waals surface area contributed by atoms with Crippen LogP contribution in [0.25, 0.3) is 0 Å². The van der Waals surface area contributed by atoms with Crippen molar-refractivity contribution >= 4 is 37.5 Å². The van der Waals surface area contributed by atoms with Crippen molar-refractivity contribution in [1.82, 2.24) is 0 Å². The molecule has 3 rings (SSSR count). The summed E-state index contributed by atoms with van der Waals surface area (Å²) in [6.07, 6.45) is 0. The van der Waals surface area contributed by atoms with Gasteiger partial charge in [-0.25, -0.2) is 4.39 Å². The van der Waals surface area contributed by atoms with Gasteiger partial charge < -0.3 is 10.1 Å². The lowest BCUT2D eigenvalue weighted by atomic mass is 10.2. The smallest absolute Gasteiger partial charge is 0.124 e. The Hall–Kier alpha value is -1.85. The summed E-state index contributed by atoms with van der Waals surface area (Å²) in [6.45, 7) is 0.949. The molecule has 5 heteroatoms. The fraction of sp³-hybridized carbons (Fsp3) is 0.100. The third kappa shape index (κ3) is 5.31. The molecule has 0 aliphatic carbocycles. The zero-order valence-corrected chi connectivity index (χ0v) is 16.5. The Morgan fingerprint density at radius 1 is 0.880 bits per heavy atom. The molecule has 2 nitrogen and oxygen atoms in total. The highest BCUT2D eigenvalue weighted by atomic mass is 79.9. The predicted octanol–water partition coefficient (Wildman–Crippen LogP) is 6.54. The molecular weight excluding hydrogens is 449 g/mol. The normalized spacial score (nSPS) is 10.5. The van der Waals surface area contributed by atoms with Gasteiger partial charge in [0.2, 0.25) is 0 Å². The SMILES string of the molecule is Fc1cccc(COc2ccc(Br)cc2CNc2ccc(Br)cc2)c1. The molecule has 0 bridgehead atoms. The molecular formula is C20H16Br2FNO. The molecule has 0 aromatic heterocycles. The number of benzene rings is 3. The monoisotopic (exact) mass is 463 g/mol. The molecule has 25 heavy (non-hydrogen) atoms.